The number of nitrogens with zero attached hydrogens (tertiary/aromatic N) is 2. The van der Waals surface area contributed by atoms with Crippen molar-refractivity contribution >= 4 is 22.8 Å². The Morgan fingerprint density at radius 1 is 0.923 bits per heavy atom. The SMILES string of the molecule is Cc1cc(C(=O)NNC(=O)c2cc(F)cc3nc(C)c(C)nc23)c(C)o1. The maximum atomic E-state index is 13.9. The van der Waals surface area contributed by atoms with Gasteiger partial charge in [0.1, 0.15) is 22.9 Å². The van der Waals surface area contributed by atoms with E-state index >= 15 is 0 Å². The smallest absolute Gasteiger partial charge is 0.273 e. The van der Waals surface area contributed by atoms with Crippen LogP contribution in [0.3, 0.4) is 0 Å². The second kappa shape index (κ2) is 6.55. The standard InChI is InChI=1S/C18H17FN4O3/c1-8-5-13(11(4)26-8)17(24)22-23-18(25)14-6-12(19)7-15-16(14)21-10(3)9(2)20-15/h5-7H,1-4H3,(H,22,24)(H,23,25). The fourth-order valence-electron chi connectivity index (χ4n) is 2.58. The molecule has 2 heterocycles. The predicted octanol–water partition coefficient (Wildman–Crippen LogP) is 2.67. The summed E-state index contributed by atoms with van der Waals surface area (Å²) in [7, 11) is 0. The first kappa shape index (κ1) is 17.5. The Kier molecular flexibility index (Phi) is 4.41. The van der Waals surface area contributed by atoms with E-state index in [1.165, 1.54) is 6.07 Å². The molecule has 2 amide bonds. The van der Waals surface area contributed by atoms with Gasteiger partial charge in [-0.25, -0.2) is 14.4 Å². The molecule has 0 aliphatic rings. The van der Waals surface area contributed by atoms with Crippen LogP contribution in [-0.4, -0.2) is 21.8 Å². The zero-order valence-corrected chi connectivity index (χ0v) is 14.7. The first-order valence-electron chi connectivity index (χ1n) is 7.88. The number of hydrogen-bond acceptors (Lipinski definition) is 5. The lowest BCUT2D eigenvalue weighted by Crippen LogP contribution is -2.41. The Balaban J connectivity index is 1.87. The number of amides is 2. The third-order valence-corrected chi connectivity index (χ3v) is 3.97. The molecule has 8 heteroatoms. The predicted molar refractivity (Wildman–Crippen MR) is 92.1 cm³/mol. The third kappa shape index (κ3) is 3.26. The van der Waals surface area contributed by atoms with Crippen LogP contribution in [0, 0.1) is 33.5 Å². The topological polar surface area (TPSA) is 97.1 Å². The zero-order chi connectivity index (χ0) is 19.0. The Morgan fingerprint density at radius 2 is 1.54 bits per heavy atom. The van der Waals surface area contributed by atoms with Crippen LogP contribution in [0.1, 0.15) is 43.6 Å². The Labute approximate surface area is 148 Å². The van der Waals surface area contributed by atoms with Gasteiger partial charge in [0.15, 0.2) is 0 Å². The van der Waals surface area contributed by atoms with Crippen LogP contribution < -0.4 is 10.9 Å². The third-order valence-electron chi connectivity index (χ3n) is 3.97. The van der Waals surface area contributed by atoms with Crippen molar-refractivity contribution in [2.24, 2.45) is 0 Å². The van der Waals surface area contributed by atoms with Crippen molar-refractivity contribution in [1.29, 1.82) is 0 Å². The second-order valence-corrected chi connectivity index (χ2v) is 5.95. The maximum Gasteiger partial charge on any atom is 0.273 e. The van der Waals surface area contributed by atoms with E-state index in [1.54, 1.807) is 33.8 Å². The largest absolute Gasteiger partial charge is 0.466 e. The number of benzene rings is 1. The molecule has 0 unspecified atom stereocenters. The van der Waals surface area contributed by atoms with Gasteiger partial charge in [-0.2, -0.15) is 0 Å². The molecule has 0 aliphatic heterocycles. The molecular formula is C18H17FN4O3. The number of nitrogens with one attached hydrogen (secondary N) is 2. The van der Waals surface area contributed by atoms with E-state index in [2.05, 4.69) is 20.8 Å². The summed E-state index contributed by atoms with van der Waals surface area (Å²) in [4.78, 5) is 33.2. The highest BCUT2D eigenvalue weighted by Gasteiger charge is 2.18. The maximum absolute atomic E-state index is 13.9. The Bertz CT molecular complexity index is 1040. The summed E-state index contributed by atoms with van der Waals surface area (Å²) in [5.41, 5.74) is 6.66. The lowest BCUT2D eigenvalue weighted by atomic mass is 10.1. The molecule has 0 spiro atoms. The highest BCUT2D eigenvalue weighted by atomic mass is 19.1. The number of rotatable bonds is 2. The van der Waals surface area contributed by atoms with Gasteiger partial charge < -0.3 is 4.42 Å². The Morgan fingerprint density at radius 3 is 2.15 bits per heavy atom. The molecule has 3 rings (SSSR count). The highest BCUT2D eigenvalue weighted by Crippen LogP contribution is 2.19. The van der Waals surface area contributed by atoms with Crippen LogP contribution in [-0.2, 0) is 0 Å². The number of aryl methyl sites for hydroxylation is 4. The van der Waals surface area contributed by atoms with Crippen molar-refractivity contribution in [2.75, 3.05) is 0 Å². The molecule has 2 N–H and O–H groups in total. The van der Waals surface area contributed by atoms with Gasteiger partial charge >= 0.3 is 0 Å². The molecular weight excluding hydrogens is 339 g/mol. The van der Waals surface area contributed by atoms with Crippen molar-refractivity contribution in [3.63, 3.8) is 0 Å². The van der Waals surface area contributed by atoms with E-state index < -0.39 is 17.6 Å². The molecule has 0 bridgehead atoms. The average molecular weight is 356 g/mol. The number of carbonyl (C=O) groups excluding carboxylic acids is 2. The van der Waals surface area contributed by atoms with Crippen molar-refractivity contribution in [2.45, 2.75) is 27.7 Å². The number of carbonyl (C=O) groups is 2. The van der Waals surface area contributed by atoms with E-state index in [4.69, 9.17) is 4.42 Å². The second-order valence-electron chi connectivity index (χ2n) is 5.95. The summed E-state index contributed by atoms with van der Waals surface area (Å²) >= 11 is 0. The van der Waals surface area contributed by atoms with Crippen molar-refractivity contribution in [3.8, 4) is 0 Å². The van der Waals surface area contributed by atoms with E-state index in [0.717, 1.165) is 6.07 Å². The zero-order valence-electron chi connectivity index (χ0n) is 14.7. The minimum absolute atomic E-state index is 0.0176. The lowest BCUT2D eigenvalue weighted by molar-refractivity contribution is 0.0846. The fourth-order valence-corrected chi connectivity index (χ4v) is 2.58. The van der Waals surface area contributed by atoms with E-state index in [9.17, 15) is 14.0 Å². The van der Waals surface area contributed by atoms with Gasteiger partial charge in [0, 0.05) is 6.07 Å². The number of fused-ring (bicyclic) bond motifs is 1. The van der Waals surface area contributed by atoms with Crippen molar-refractivity contribution in [1.82, 2.24) is 20.8 Å². The van der Waals surface area contributed by atoms with Gasteiger partial charge in [-0.1, -0.05) is 0 Å². The molecule has 3 aromatic rings. The number of aromatic nitrogens is 2. The van der Waals surface area contributed by atoms with Gasteiger partial charge in [0.25, 0.3) is 11.8 Å². The molecule has 0 aliphatic carbocycles. The lowest BCUT2D eigenvalue weighted by Gasteiger charge is -2.10. The number of furan rings is 1. The molecule has 1 aromatic carbocycles. The molecule has 0 saturated heterocycles. The summed E-state index contributed by atoms with van der Waals surface area (Å²) in [6.45, 7) is 6.86. The normalized spacial score (nSPS) is 10.8. The summed E-state index contributed by atoms with van der Waals surface area (Å²) in [5.74, 6) is -0.837. The monoisotopic (exact) mass is 356 g/mol. The van der Waals surface area contributed by atoms with Crippen LogP contribution in [0.25, 0.3) is 11.0 Å². The number of hydrogen-bond donors (Lipinski definition) is 2. The molecule has 26 heavy (non-hydrogen) atoms. The first-order valence-corrected chi connectivity index (χ1v) is 7.88. The summed E-state index contributed by atoms with van der Waals surface area (Å²) in [6.07, 6.45) is 0. The molecule has 134 valence electrons. The molecule has 0 fully saturated rings. The number of hydrazine groups is 1. The molecule has 2 aromatic heterocycles. The molecule has 7 nitrogen and oxygen atoms in total. The molecule has 0 saturated carbocycles. The fraction of sp³-hybridized carbons (Fsp3) is 0.222. The van der Waals surface area contributed by atoms with Gasteiger partial charge in [0.05, 0.1) is 28.0 Å². The summed E-state index contributed by atoms with van der Waals surface area (Å²) < 4.78 is 19.1. The van der Waals surface area contributed by atoms with Gasteiger partial charge in [-0.15, -0.1) is 0 Å². The van der Waals surface area contributed by atoms with E-state index in [-0.39, 0.29) is 16.6 Å². The van der Waals surface area contributed by atoms with Gasteiger partial charge in [0.2, 0.25) is 0 Å². The highest BCUT2D eigenvalue weighted by molar-refractivity contribution is 6.06. The van der Waals surface area contributed by atoms with E-state index in [1.807, 2.05) is 0 Å². The quantitative estimate of drug-likeness (QED) is 0.688. The minimum atomic E-state index is -0.696. The van der Waals surface area contributed by atoms with Crippen LogP contribution in [0.2, 0.25) is 0 Å². The van der Waals surface area contributed by atoms with Gasteiger partial charge in [-0.3, -0.25) is 20.4 Å². The van der Waals surface area contributed by atoms with E-state index in [0.29, 0.717) is 28.5 Å². The molecule has 0 radical (unpaired) electrons. The van der Waals surface area contributed by atoms with Crippen LogP contribution >= 0.6 is 0 Å². The van der Waals surface area contributed by atoms with Crippen molar-refractivity contribution < 1.29 is 18.4 Å². The van der Waals surface area contributed by atoms with Gasteiger partial charge in [-0.05, 0) is 39.8 Å². The van der Waals surface area contributed by atoms with Crippen molar-refractivity contribution in [3.05, 3.63) is 58.1 Å². The van der Waals surface area contributed by atoms with Crippen LogP contribution in [0.4, 0.5) is 4.39 Å². The average Bonchev–Trinajstić information content (AvgIpc) is 2.91. The minimum Gasteiger partial charge on any atom is -0.466 e. The molecule has 0 atom stereocenters. The summed E-state index contributed by atoms with van der Waals surface area (Å²) in [6, 6.07) is 3.83. The first-order chi connectivity index (χ1) is 12.3. The Hall–Kier alpha value is -3.29. The number of halogens is 1. The van der Waals surface area contributed by atoms with Crippen LogP contribution in [0.15, 0.2) is 22.6 Å². The summed E-state index contributed by atoms with van der Waals surface area (Å²) in [5, 5.41) is 0. The van der Waals surface area contributed by atoms with Crippen LogP contribution in [0.5, 0.6) is 0 Å².